The first kappa shape index (κ1) is 16.1. The highest BCUT2D eigenvalue weighted by Gasteiger charge is 2.17. The van der Waals surface area contributed by atoms with Crippen LogP contribution in [-0.2, 0) is 6.54 Å². The Morgan fingerprint density at radius 3 is 2.45 bits per heavy atom. The van der Waals surface area contributed by atoms with Gasteiger partial charge in [0.15, 0.2) is 0 Å². The molecular weight excluding hydrogens is 358 g/mol. The number of hydrogen-bond donors (Lipinski definition) is 1. The number of anilines is 1. The second-order valence-electron chi connectivity index (χ2n) is 7.29. The Labute approximate surface area is 166 Å². The number of aromatic nitrogens is 2. The van der Waals surface area contributed by atoms with Gasteiger partial charge in [-0.05, 0) is 35.9 Å². The van der Waals surface area contributed by atoms with Crippen LogP contribution in [-0.4, -0.2) is 9.38 Å². The number of nitrogens with zero attached hydrogens (tertiary/aromatic N) is 2. The molecule has 4 nitrogen and oxygen atoms in total. The van der Waals surface area contributed by atoms with Gasteiger partial charge in [-0.15, -0.1) is 0 Å². The summed E-state index contributed by atoms with van der Waals surface area (Å²) in [6.45, 7) is 0.728. The maximum atomic E-state index is 13.4. The van der Waals surface area contributed by atoms with Gasteiger partial charge in [0.1, 0.15) is 5.65 Å². The van der Waals surface area contributed by atoms with Crippen molar-refractivity contribution in [1.82, 2.24) is 9.38 Å². The van der Waals surface area contributed by atoms with Gasteiger partial charge in [0.05, 0.1) is 11.0 Å². The van der Waals surface area contributed by atoms with Gasteiger partial charge in [-0.2, -0.15) is 0 Å². The summed E-state index contributed by atoms with van der Waals surface area (Å²) in [4.78, 5) is 18.1. The number of pyridine rings is 1. The van der Waals surface area contributed by atoms with E-state index in [1.807, 2.05) is 54.6 Å². The molecule has 0 spiro atoms. The van der Waals surface area contributed by atoms with Crippen molar-refractivity contribution in [3.63, 3.8) is 0 Å². The molecule has 138 valence electrons. The zero-order chi connectivity index (χ0) is 19.4. The molecule has 0 amide bonds. The van der Waals surface area contributed by atoms with E-state index in [9.17, 15) is 4.79 Å². The minimum atomic E-state index is -0.0213. The maximum absolute atomic E-state index is 13.4. The zero-order valence-corrected chi connectivity index (χ0v) is 15.6. The Balaban J connectivity index is 1.63. The van der Waals surface area contributed by atoms with Gasteiger partial charge in [-0.3, -0.25) is 9.20 Å². The third-order valence-corrected chi connectivity index (χ3v) is 5.60. The molecule has 2 aromatic heterocycles. The van der Waals surface area contributed by atoms with Gasteiger partial charge < -0.3 is 5.32 Å². The van der Waals surface area contributed by atoms with E-state index in [2.05, 4.69) is 35.6 Å². The van der Waals surface area contributed by atoms with Crippen molar-refractivity contribution >= 4 is 43.9 Å². The molecule has 0 aliphatic rings. The smallest absolute Gasteiger partial charge is 0.264 e. The number of fused-ring (bicyclic) bond motifs is 4. The van der Waals surface area contributed by atoms with Gasteiger partial charge in [0.25, 0.3) is 5.56 Å². The Bertz CT molecular complexity index is 1570. The fourth-order valence-electron chi connectivity index (χ4n) is 4.25. The molecule has 29 heavy (non-hydrogen) atoms. The highest BCUT2D eigenvalue weighted by Crippen LogP contribution is 2.34. The van der Waals surface area contributed by atoms with E-state index in [-0.39, 0.29) is 5.56 Å². The molecule has 0 radical (unpaired) electrons. The summed E-state index contributed by atoms with van der Waals surface area (Å²) < 4.78 is 1.74. The summed E-state index contributed by atoms with van der Waals surface area (Å²) in [5.41, 5.74) is 4.61. The highest BCUT2D eigenvalue weighted by molar-refractivity contribution is 6.18. The number of nitrogens with one attached hydrogen (secondary N) is 1. The molecule has 2 heterocycles. The fourth-order valence-corrected chi connectivity index (χ4v) is 4.25. The van der Waals surface area contributed by atoms with E-state index < -0.39 is 0 Å². The summed E-state index contributed by atoms with van der Waals surface area (Å²) in [7, 11) is 0. The van der Waals surface area contributed by atoms with Crippen LogP contribution in [0.3, 0.4) is 0 Å². The molecule has 0 saturated carbocycles. The monoisotopic (exact) mass is 375 g/mol. The third kappa shape index (κ3) is 2.32. The number of para-hydroxylation sites is 2. The fraction of sp³-hybridized carbons (Fsp3) is 0.0400. The molecule has 0 saturated heterocycles. The molecule has 1 N–H and O–H groups in total. The number of imidazole rings is 1. The molecule has 4 aromatic carbocycles. The molecule has 6 aromatic rings. The Hall–Kier alpha value is -3.92. The largest absolute Gasteiger partial charge is 0.380 e. The average molecular weight is 375 g/mol. The first-order valence-electron chi connectivity index (χ1n) is 9.67. The van der Waals surface area contributed by atoms with E-state index in [4.69, 9.17) is 4.98 Å². The summed E-state index contributed by atoms with van der Waals surface area (Å²) in [6.07, 6.45) is 0. The lowest BCUT2D eigenvalue weighted by Gasteiger charge is -2.13. The van der Waals surface area contributed by atoms with E-state index in [1.165, 1.54) is 5.56 Å². The van der Waals surface area contributed by atoms with Crippen LogP contribution in [0.25, 0.3) is 38.2 Å². The molecule has 0 aliphatic heterocycles. The molecule has 0 fully saturated rings. The third-order valence-electron chi connectivity index (χ3n) is 5.60. The molecule has 4 heteroatoms. The van der Waals surface area contributed by atoms with Crippen LogP contribution < -0.4 is 10.9 Å². The summed E-state index contributed by atoms with van der Waals surface area (Å²) in [5, 5.41) is 7.26. The minimum Gasteiger partial charge on any atom is -0.380 e. The summed E-state index contributed by atoms with van der Waals surface area (Å²) >= 11 is 0. The Kier molecular flexibility index (Phi) is 3.35. The zero-order valence-electron chi connectivity index (χ0n) is 15.6. The van der Waals surface area contributed by atoms with Gasteiger partial charge in [-0.1, -0.05) is 54.6 Å². The van der Waals surface area contributed by atoms with E-state index in [0.717, 1.165) is 50.5 Å². The minimum absolute atomic E-state index is 0.0213. The topological polar surface area (TPSA) is 46.4 Å². The van der Waals surface area contributed by atoms with Crippen LogP contribution in [0.4, 0.5) is 5.69 Å². The quantitative estimate of drug-likeness (QED) is 0.462. The standard InChI is InChI=1S/C25H17N3O/c29-25-19-10-6-9-17-20(26-15-16-7-2-1-3-8-16)14-13-18(23(17)19)24-27-21-11-4-5-12-22(21)28(24)25/h1-14,26H,15H2. The molecule has 0 bridgehead atoms. The van der Waals surface area contributed by atoms with Gasteiger partial charge >= 0.3 is 0 Å². The van der Waals surface area contributed by atoms with Crippen molar-refractivity contribution in [2.24, 2.45) is 0 Å². The molecule has 0 unspecified atom stereocenters. The van der Waals surface area contributed by atoms with Crippen LogP contribution >= 0.6 is 0 Å². The average Bonchev–Trinajstić information content (AvgIpc) is 3.17. The lowest BCUT2D eigenvalue weighted by Crippen LogP contribution is -2.13. The first-order valence-corrected chi connectivity index (χ1v) is 9.67. The van der Waals surface area contributed by atoms with Crippen LogP contribution in [0, 0.1) is 0 Å². The second-order valence-corrected chi connectivity index (χ2v) is 7.29. The molecule has 0 aliphatic carbocycles. The van der Waals surface area contributed by atoms with E-state index in [1.54, 1.807) is 4.40 Å². The van der Waals surface area contributed by atoms with E-state index in [0.29, 0.717) is 0 Å². The predicted molar refractivity (Wildman–Crippen MR) is 119 cm³/mol. The van der Waals surface area contributed by atoms with Crippen LogP contribution in [0.2, 0.25) is 0 Å². The van der Waals surface area contributed by atoms with Crippen molar-refractivity contribution in [2.75, 3.05) is 5.32 Å². The van der Waals surface area contributed by atoms with Gasteiger partial charge in [0, 0.05) is 33.8 Å². The maximum Gasteiger partial charge on any atom is 0.264 e. The van der Waals surface area contributed by atoms with Crippen molar-refractivity contribution in [3.05, 3.63) is 101 Å². The number of benzene rings is 4. The van der Waals surface area contributed by atoms with Crippen molar-refractivity contribution in [1.29, 1.82) is 0 Å². The molecular formula is C25H17N3O. The van der Waals surface area contributed by atoms with E-state index >= 15 is 0 Å². The SMILES string of the molecule is O=c1c2cccc3c(NCc4ccccc4)ccc(c32)c2nc3ccccc3n12. The number of rotatable bonds is 3. The molecule has 6 rings (SSSR count). The van der Waals surface area contributed by atoms with Crippen molar-refractivity contribution < 1.29 is 0 Å². The Morgan fingerprint density at radius 1 is 0.759 bits per heavy atom. The van der Waals surface area contributed by atoms with Crippen molar-refractivity contribution in [3.8, 4) is 0 Å². The van der Waals surface area contributed by atoms with Gasteiger partial charge in [-0.25, -0.2) is 4.98 Å². The molecule has 0 atom stereocenters. The summed E-state index contributed by atoms with van der Waals surface area (Å²) in [6, 6.07) is 28.2. The van der Waals surface area contributed by atoms with Crippen molar-refractivity contribution in [2.45, 2.75) is 6.54 Å². The second kappa shape index (κ2) is 6.04. The normalized spacial score (nSPS) is 11.7. The number of hydrogen-bond acceptors (Lipinski definition) is 3. The highest BCUT2D eigenvalue weighted by atomic mass is 16.1. The Morgan fingerprint density at radius 2 is 1.55 bits per heavy atom. The summed E-state index contributed by atoms with van der Waals surface area (Å²) in [5.74, 6) is 0. The van der Waals surface area contributed by atoms with Crippen LogP contribution in [0.5, 0.6) is 0 Å². The lowest BCUT2D eigenvalue weighted by atomic mass is 10.0. The van der Waals surface area contributed by atoms with Gasteiger partial charge in [0.2, 0.25) is 0 Å². The first-order chi connectivity index (χ1) is 14.3. The van der Waals surface area contributed by atoms with Crippen LogP contribution in [0.15, 0.2) is 89.7 Å². The lowest BCUT2D eigenvalue weighted by molar-refractivity contribution is 1.15. The van der Waals surface area contributed by atoms with Crippen LogP contribution in [0.1, 0.15) is 5.56 Å². The predicted octanol–water partition coefficient (Wildman–Crippen LogP) is 5.20.